The molecule has 1 saturated heterocycles. The van der Waals surface area contributed by atoms with Crippen LogP contribution in [-0.4, -0.2) is 67.9 Å². The van der Waals surface area contributed by atoms with Gasteiger partial charge in [-0.25, -0.2) is 9.97 Å². The van der Waals surface area contributed by atoms with Crippen molar-refractivity contribution in [1.82, 2.24) is 14.9 Å². The first-order valence-electron chi connectivity index (χ1n) is 11.9. The zero-order valence-electron chi connectivity index (χ0n) is 19.7. The van der Waals surface area contributed by atoms with Gasteiger partial charge in [-0.2, -0.15) is 0 Å². The lowest BCUT2D eigenvalue weighted by Gasteiger charge is -2.36. The molecule has 0 saturated carbocycles. The third-order valence-electron chi connectivity index (χ3n) is 6.85. The van der Waals surface area contributed by atoms with Crippen LogP contribution in [-0.2, 0) is 4.74 Å². The summed E-state index contributed by atoms with van der Waals surface area (Å²) in [5.74, 6) is 0.912. The van der Waals surface area contributed by atoms with Gasteiger partial charge in [0.2, 0.25) is 0 Å². The molecular weight excluding hydrogens is 426 g/mol. The molecule has 0 bridgehead atoms. The van der Waals surface area contributed by atoms with Crippen LogP contribution in [0.2, 0.25) is 0 Å². The molecule has 3 aromatic rings. The largest absolute Gasteiger partial charge is 0.490 e. The second-order valence-electron chi connectivity index (χ2n) is 8.92. The molecule has 7 heteroatoms. The van der Waals surface area contributed by atoms with Crippen LogP contribution in [0.5, 0.6) is 5.75 Å². The second-order valence-corrected chi connectivity index (χ2v) is 8.92. The Labute approximate surface area is 199 Å². The zero-order valence-corrected chi connectivity index (χ0v) is 19.7. The van der Waals surface area contributed by atoms with Crippen LogP contribution >= 0.6 is 0 Å². The molecule has 174 valence electrons. The molecular formula is C27H29N5O2. The first-order chi connectivity index (χ1) is 16.7. The van der Waals surface area contributed by atoms with Gasteiger partial charge in [0, 0.05) is 49.5 Å². The highest BCUT2D eigenvalue weighted by atomic mass is 16.5. The van der Waals surface area contributed by atoms with E-state index in [0.717, 1.165) is 84.5 Å². The highest BCUT2D eigenvalue weighted by Crippen LogP contribution is 2.44. The molecule has 0 aliphatic carbocycles. The van der Waals surface area contributed by atoms with Crippen molar-refractivity contribution in [3.8, 4) is 5.75 Å². The number of morpholine rings is 1. The number of pyridine rings is 2. The number of rotatable bonds is 3. The number of fused-ring (bicyclic) bond motifs is 2. The Morgan fingerprint density at radius 2 is 1.91 bits per heavy atom. The van der Waals surface area contributed by atoms with Crippen LogP contribution in [0.15, 0.2) is 54.8 Å². The summed E-state index contributed by atoms with van der Waals surface area (Å²) >= 11 is 0. The van der Waals surface area contributed by atoms with Crippen molar-refractivity contribution in [3.63, 3.8) is 0 Å². The number of benzene rings is 1. The van der Waals surface area contributed by atoms with Crippen molar-refractivity contribution in [2.45, 2.75) is 6.92 Å². The lowest BCUT2D eigenvalue weighted by atomic mass is 10.0. The summed E-state index contributed by atoms with van der Waals surface area (Å²) in [5, 5.41) is 1.06. The summed E-state index contributed by atoms with van der Waals surface area (Å²) in [6.45, 7) is 7.77. The third-order valence-corrected chi connectivity index (χ3v) is 6.85. The van der Waals surface area contributed by atoms with Gasteiger partial charge in [-0.1, -0.05) is 12.2 Å². The van der Waals surface area contributed by atoms with Gasteiger partial charge in [-0.15, -0.1) is 0 Å². The number of allylic oxidation sites excluding steroid dienone is 2. The highest BCUT2D eigenvalue weighted by molar-refractivity contribution is 5.97. The first kappa shape index (κ1) is 21.0. The summed E-state index contributed by atoms with van der Waals surface area (Å²) in [5.41, 5.74) is 7.45. The molecule has 3 aliphatic rings. The van der Waals surface area contributed by atoms with Crippen molar-refractivity contribution in [1.29, 1.82) is 0 Å². The van der Waals surface area contributed by atoms with E-state index in [0.29, 0.717) is 6.61 Å². The Hall–Kier alpha value is -3.58. The molecule has 3 aliphatic heterocycles. The smallest absolute Gasteiger partial charge is 0.161 e. The van der Waals surface area contributed by atoms with Crippen molar-refractivity contribution in [3.05, 3.63) is 66.0 Å². The van der Waals surface area contributed by atoms with Gasteiger partial charge < -0.3 is 24.2 Å². The fraction of sp³-hybridized carbons (Fsp3) is 0.333. The Balaban J connectivity index is 1.53. The fourth-order valence-electron chi connectivity index (χ4n) is 5.09. The number of aromatic nitrogens is 2. The van der Waals surface area contributed by atoms with Gasteiger partial charge >= 0.3 is 0 Å². The average Bonchev–Trinajstić information content (AvgIpc) is 2.89. The standard InChI is InChI=1S/C27H29N5O2/c1-19-25(22-7-3-4-11-30(22)2)29-27-21(6-5-10-28-27)26(19)32-14-17-34-24-9-8-20(18-23(24)32)31-12-15-33-16-13-31/h3-10,18H,11-17H2,1-2H3. The molecule has 0 radical (unpaired) electrons. The summed E-state index contributed by atoms with van der Waals surface area (Å²) in [4.78, 5) is 16.7. The van der Waals surface area contributed by atoms with Crippen LogP contribution in [0.3, 0.4) is 0 Å². The molecule has 0 N–H and O–H groups in total. The Morgan fingerprint density at radius 3 is 2.76 bits per heavy atom. The molecule has 0 spiro atoms. The van der Waals surface area contributed by atoms with Gasteiger partial charge in [0.05, 0.1) is 42.5 Å². The predicted molar refractivity (Wildman–Crippen MR) is 136 cm³/mol. The monoisotopic (exact) mass is 455 g/mol. The molecule has 34 heavy (non-hydrogen) atoms. The maximum Gasteiger partial charge on any atom is 0.161 e. The number of hydrogen-bond donors (Lipinski definition) is 0. The minimum Gasteiger partial charge on any atom is -0.490 e. The maximum atomic E-state index is 6.09. The van der Waals surface area contributed by atoms with Crippen LogP contribution in [0.1, 0.15) is 11.3 Å². The van der Waals surface area contributed by atoms with Gasteiger partial charge in [-0.05, 0) is 43.3 Å². The lowest BCUT2D eigenvalue weighted by molar-refractivity contribution is 0.122. The van der Waals surface area contributed by atoms with Crippen molar-refractivity contribution < 1.29 is 9.47 Å². The lowest BCUT2D eigenvalue weighted by Crippen LogP contribution is -2.36. The van der Waals surface area contributed by atoms with E-state index in [1.807, 2.05) is 12.3 Å². The molecule has 6 rings (SSSR count). The Bertz CT molecular complexity index is 1300. The molecule has 2 aromatic heterocycles. The van der Waals surface area contributed by atoms with Gasteiger partial charge in [0.25, 0.3) is 0 Å². The molecule has 1 aromatic carbocycles. The van der Waals surface area contributed by atoms with E-state index in [-0.39, 0.29) is 0 Å². The molecule has 7 nitrogen and oxygen atoms in total. The molecule has 0 atom stereocenters. The van der Waals surface area contributed by atoms with Gasteiger partial charge in [0.1, 0.15) is 12.4 Å². The fourth-order valence-corrected chi connectivity index (χ4v) is 5.09. The van der Waals surface area contributed by atoms with E-state index >= 15 is 0 Å². The topological polar surface area (TPSA) is 54.0 Å². The van der Waals surface area contributed by atoms with Gasteiger partial charge in [0.15, 0.2) is 5.65 Å². The number of hydrogen-bond acceptors (Lipinski definition) is 7. The summed E-state index contributed by atoms with van der Waals surface area (Å²) in [7, 11) is 2.11. The Morgan fingerprint density at radius 1 is 1.03 bits per heavy atom. The Kier molecular flexibility index (Phi) is 5.34. The average molecular weight is 456 g/mol. The summed E-state index contributed by atoms with van der Waals surface area (Å²) < 4.78 is 11.7. The quantitative estimate of drug-likeness (QED) is 0.588. The molecule has 0 amide bonds. The van der Waals surface area contributed by atoms with Crippen molar-refractivity contribution in [2.24, 2.45) is 0 Å². The minimum absolute atomic E-state index is 0.633. The third kappa shape index (κ3) is 3.56. The number of ether oxygens (including phenoxy) is 2. The minimum atomic E-state index is 0.633. The van der Waals surface area contributed by atoms with Gasteiger partial charge in [-0.3, -0.25) is 0 Å². The van der Waals surface area contributed by atoms with E-state index in [4.69, 9.17) is 14.5 Å². The van der Waals surface area contributed by atoms with E-state index in [9.17, 15) is 0 Å². The van der Waals surface area contributed by atoms with Crippen molar-refractivity contribution in [2.75, 3.05) is 62.8 Å². The van der Waals surface area contributed by atoms with Crippen LogP contribution in [0, 0.1) is 6.92 Å². The van der Waals surface area contributed by atoms with Crippen LogP contribution in [0.25, 0.3) is 16.7 Å². The predicted octanol–water partition coefficient (Wildman–Crippen LogP) is 4.15. The summed E-state index contributed by atoms with van der Waals surface area (Å²) in [6.07, 6.45) is 8.23. The van der Waals surface area contributed by atoms with E-state index in [2.05, 4.69) is 76.1 Å². The van der Waals surface area contributed by atoms with Crippen LogP contribution < -0.4 is 14.5 Å². The van der Waals surface area contributed by atoms with Crippen LogP contribution in [0.4, 0.5) is 17.1 Å². The second kappa shape index (κ2) is 8.65. The molecule has 0 unspecified atom stereocenters. The zero-order chi connectivity index (χ0) is 23.1. The number of nitrogens with zero attached hydrogens (tertiary/aromatic N) is 5. The van der Waals surface area contributed by atoms with E-state index < -0.39 is 0 Å². The molecule has 1 fully saturated rings. The first-order valence-corrected chi connectivity index (χ1v) is 11.9. The van der Waals surface area contributed by atoms with E-state index in [1.54, 1.807) is 0 Å². The van der Waals surface area contributed by atoms with Crippen molar-refractivity contribution >= 4 is 33.8 Å². The maximum absolute atomic E-state index is 6.09. The highest BCUT2D eigenvalue weighted by Gasteiger charge is 2.27. The summed E-state index contributed by atoms with van der Waals surface area (Å²) in [6, 6.07) is 10.6. The molecule has 5 heterocycles. The number of anilines is 3. The van der Waals surface area contributed by atoms with E-state index in [1.165, 1.54) is 5.69 Å². The SMILES string of the molecule is Cc1c(C2=CC=CCN2C)nc2ncccc2c1N1CCOc2ccc(N3CCOCC3)cc21. The normalized spacial score (nSPS) is 18.1. The number of likely N-dealkylation sites (N-methyl/N-ethyl adjacent to an activating group) is 1.